The minimum Gasteiger partial charge on any atom is -0.494 e. The summed E-state index contributed by atoms with van der Waals surface area (Å²) < 4.78 is 54.6. The van der Waals surface area contributed by atoms with Crippen molar-refractivity contribution in [3.05, 3.63) is 23.0 Å². The molecule has 4 saturated heterocycles. The topological polar surface area (TPSA) is 346 Å². The average molecular weight is 1050 g/mol. The second-order valence-electron chi connectivity index (χ2n) is 23.3. The largest absolute Gasteiger partial charge is 0.494 e. The average Bonchev–Trinajstić information content (AvgIpc) is 3.86. The number of ether oxygens (including phenoxy) is 9. The van der Waals surface area contributed by atoms with Crippen LogP contribution in [0.25, 0.3) is 0 Å². The predicted octanol–water partition coefficient (Wildman–Crippen LogP) is -2.06. The number of fused-ring (bicyclic) bond motifs is 7. The Morgan fingerprint density at radius 1 is 0.644 bits per heavy atom. The number of rotatable bonds is 15. The summed E-state index contributed by atoms with van der Waals surface area (Å²) in [6.45, 7) is 8.81. The van der Waals surface area contributed by atoms with Crippen LogP contribution in [0.1, 0.15) is 92.4 Å². The Morgan fingerprint density at radius 3 is 1.89 bits per heavy atom. The highest BCUT2D eigenvalue weighted by Gasteiger charge is 2.64. The summed E-state index contributed by atoms with van der Waals surface area (Å²) in [7, 11) is 0. The molecule has 0 bridgehead atoms. The van der Waals surface area contributed by atoms with E-state index < -0.39 is 149 Å². The van der Waals surface area contributed by atoms with Gasteiger partial charge < -0.3 is 109 Å². The van der Waals surface area contributed by atoms with E-state index in [9.17, 15) is 66.4 Å². The van der Waals surface area contributed by atoms with Crippen molar-refractivity contribution in [1.29, 1.82) is 0 Å². The quantitative estimate of drug-likeness (QED) is 0.0785. The van der Waals surface area contributed by atoms with E-state index in [1.807, 2.05) is 6.92 Å². The standard InChI is InChI=1S/C51H82O22/c1-20(19-65-46-40(61)38(59)35(56)30(16-52)69-46)6-9-28-21(2)33-29(68-28)15-27-25-8-7-23-14-24(10-12-50(23,4)26(25)11-13-51(27,33)5)67-49-45(73-47-41(62)37(58)34(55)22(3)66-47)43(64)44(32(18-54)71-49)72-48-42(63)39(60)36(57)31(17-53)70-48/h7,20,22,24-27,29-49,52-64H,6,8-19H2,1-5H3/t20-,22?,24?,25-,26+,27+,29+,30-,31?,32?,33+,34?,35-,36?,37?,38-,39?,40-,41?,42?,43?,44?,45?,46-,47?,48?,49?,50+,51+/m1/s1. The molecule has 29 atom stereocenters. The molecule has 16 unspecified atom stereocenters. The van der Waals surface area contributed by atoms with Crippen LogP contribution in [-0.4, -0.2) is 228 Å². The number of hydrogen-bond donors (Lipinski definition) is 13. The zero-order valence-corrected chi connectivity index (χ0v) is 42.3. The van der Waals surface area contributed by atoms with Crippen LogP contribution in [0.5, 0.6) is 0 Å². The van der Waals surface area contributed by atoms with E-state index in [4.69, 9.17) is 42.6 Å². The van der Waals surface area contributed by atoms with Gasteiger partial charge in [0.25, 0.3) is 0 Å². The maximum atomic E-state index is 12.1. The van der Waals surface area contributed by atoms with Crippen LogP contribution < -0.4 is 0 Å². The highest BCUT2D eigenvalue weighted by atomic mass is 16.8. The van der Waals surface area contributed by atoms with E-state index in [-0.39, 0.29) is 29.5 Å². The fraction of sp³-hybridized carbons (Fsp3) is 0.922. The van der Waals surface area contributed by atoms with Gasteiger partial charge in [-0.25, -0.2) is 0 Å². The minimum absolute atomic E-state index is 0.0564. The van der Waals surface area contributed by atoms with E-state index in [1.165, 1.54) is 18.1 Å². The summed E-state index contributed by atoms with van der Waals surface area (Å²) in [4.78, 5) is 0. The molecule has 7 fully saturated rings. The molecular formula is C51H82O22. The van der Waals surface area contributed by atoms with Gasteiger partial charge in [0.15, 0.2) is 25.2 Å². The second kappa shape index (κ2) is 22.3. The molecule has 3 saturated carbocycles. The third-order valence-corrected chi connectivity index (χ3v) is 18.9. The first kappa shape index (κ1) is 56.2. The van der Waals surface area contributed by atoms with Gasteiger partial charge in [-0.05, 0) is 105 Å². The molecule has 0 aromatic carbocycles. The van der Waals surface area contributed by atoms with Crippen molar-refractivity contribution in [2.45, 2.75) is 227 Å². The van der Waals surface area contributed by atoms with Crippen molar-refractivity contribution in [2.24, 2.45) is 40.4 Å². The van der Waals surface area contributed by atoms with Crippen LogP contribution in [0, 0.1) is 40.4 Å². The van der Waals surface area contributed by atoms with Crippen molar-refractivity contribution < 1.29 is 109 Å². The van der Waals surface area contributed by atoms with Crippen LogP contribution in [0.3, 0.4) is 0 Å². The molecule has 0 radical (unpaired) electrons. The Hall–Kier alpha value is -1.56. The van der Waals surface area contributed by atoms with E-state index in [2.05, 4.69) is 26.8 Å². The van der Waals surface area contributed by atoms with Crippen molar-refractivity contribution in [3.8, 4) is 0 Å². The smallest absolute Gasteiger partial charge is 0.187 e. The van der Waals surface area contributed by atoms with Gasteiger partial charge in [0.05, 0.1) is 44.4 Å². The fourth-order valence-corrected chi connectivity index (χ4v) is 14.5. The Labute approximate surface area is 425 Å². The van der Waals surface area contributed by atoms with Crippen molar-refractivity contribution in [3.63, 3.8) is 0 Å². The summed E-state index contributed by atoms with van der Waals surface area (Å²) >= 11 is 0. The Bertz CT molecular complexity index is 1940. The first-order valence-corrected chi connectivity index (χ1v) is 26.5. The number of allylic oxidation sites excluding steroid dienone is 2. The van der Waals surface area contributed by atoms with Crippen LogP contribution >= 0.6 is 0 Å². The van der Waals surface area contributed by atoms with Crippen LogP contribution in [0.2, 0.25) is 0 Å². The maximum Gasteiger partial charge on any atom is 0.187 e. The molecule has 73 heavy (non-hydrogen) atoms. The fourth-order valence-electron chi connectivity index (χ4n) is 14.5. The molecule has 418 valence electrons. The highest BCUT2D eigenvalue weighted by molar-refractivity contribution is 5.30. The van der Waals surface area contributed by atoms with E-state index in [0.29, 0.717) is 36.5 Å². The molecule has 0 aromatic rings. The lowest BCUT2D eigenvalue weighted by molar-refractivity contribution is -0.389. The summed E-state index contributed by atoms with van der Waals surface area (Å²) in [5.74, 6) is 2.73. The predicted molar refractivity (Wildman–Crippen MR) is 249 cm³/mol. The molecule has 9 aliphatic rings. The van der Waals surface area contributed by atoms with E-state index in [0.717, 1.165) is 50.7 Å². The van der Waals surface area contributed by atoms with Crippen molar-refractivity contribution in [2.75, 3.05) is 26.4 Å². The summed E-state index contributed by atoms with van der Waals surface area (Å²) in [6.07, 6.45) is -20.5. The third kappa shape index (κ3) is 10.2. The van der Waals surface area contributed by atoms with Crippen LogP contribution in [0.15, 0.2) is 23.0 Å². The number of hydrogen-bond acceptors (Lipinski definition) is 22. The van der Waals surface area contributed by atoms with E-state index >= 15 is 0 Å². The van der Waals surface area contributed by atoms with Crippen molar-refractivity contribution >= 4 is 0 Å². The van der Waals surface area contributed by atoms with Crippen molar-refractivity contribution in [1.82, 2.24) is 0 Å². The van der Waals surface area contributed by atoms with Gasteiger partial charge in [-0.2, -0.15) is 0 Å². The molecular weight excluding hydrogens is 965 g/mol. The molecule has 0 amide bonds. The molecule has 5 aliphatic heterocycles. The molecule has 0 aromatic heterocycles. The van der Waals surface area contributed by atoms with Gasteiger partial charge in [0, 0.05) is 12.3 Å². The molecule has 13 N–H and O–H groups in total. The Morgan fingerprint density at radius 2 is 1.23 bits per heavy atom. The Kier molecular flexibility index (Phi) is 17.2. The normalized spacial score (nSPS) is 52.4. The maximum absolute atomic E-state index is 12.1. The molecule has 4 aliphatic carbocycles. The molecule has 5 heterocycles. The van der Waals surface area contributed by atoms with Gasteiger partial charge in [0.1, 0.15) is 97.7 Å². The molecule has 9 rings (SSSR count). The lowest BCUT2D eigenvalue weighted by Gasteiger charge is -2.58. The third-order valence-electron chi connectivity index (χ3n) is 18.9. The number of aliphatic hydroxyl groups is 13. The molecule has 22 nitrogen and oxygen atoms in total. The second-order valence-corrected chi connectivity index (χ2v) is 23.3. The lowest BCUT2D eigenvalue weighted by Crippen LogP contribution is -2.67. The first-order chi connectivity index (χ1) is 34.6. The highest BCUT2D eigenvalue weighted by Crippen LogP contribution is 2.69. The minimum atomic E-state index is -1.84. The van der Waals surface area contributed by atoms with Gasteiger partial charge in [-0.15, -0.1) is 0 Å². The van der Waals surface area contributed by atoms with Crippen LogP contribution in [-0.2, 0) is 42.6 Å². The SMILES string of the molecule is CC1=C(CC[C@@H](C)CO[C@@H]2O[C@H](CO)[C@@H](O)[C@@H](O)[C@H]2O)O[C@H]2C[C@H]3[C@@H]4CC=C5CC(OC6OC(CO)C(OC7OC(CO)C(O)C(O)C7O)C(O)C6OC6OC(C)C(O)C(O)C6O)CC[C@]5(C)[C@H]4CC[C@]3(C)[C@@H]12. The van der Waals surface area contributed by atoms with E-state index in [1.54, 1.807) is 0 Å². The zero-order valence-electron chi connectivity index (χ0n) is 42.3. The van der Waals surface area contributed by atoms with Gasteiger partial charge in [-0.1, -0.05) is 32.4 Å². The lowest BCUT2D eigenvalue weighted by atomic mass is 9.47. The Balaban J connectivity index is 0.852. The van der Waals surface area contributed by atoms with Crippen LogP contribution in [0.4, 0.5) is 0 Å². The molecule has 0 spiro atoms. The first-order valence-electron chi connectivity index (χ1n) is 26.5. The zero-order chi connectivity index (χ0) is 52.6. The molecule has 22 heteroatoms. The number of aliphatic hydroxyl groups excluding tert-OH is 13. The van der Waals surface area contributed by atoms with Gasteiger partial charge >= 0.3 is 0 Å². The monoisotopic (exact) mass is 1050 g/mol. The van der Waals surface area contributed by atoms with Gasteiger partial charge in [-0.3, -0.25) is 0 Å². The summed E-state index contributed by atoms with van der Waals surface area (Å²) in [6, 6.07) is 0. The summed E-state index contributed by atoms with van der Waals surface area (Å²) in [5.41, 5.74) is 2.53. The van der Waals surface area contributed by atoms with Gasteiger partial charge in [0.2, 0.25) is 0 Å². The summed E-state index contributed by atoms with van der Waals surface area (Å²) in [5, 5.41) is 136.